The van der Waals surface area contributed by atoms with Crippen LogP contribution >= 0.6 is 0 Å². The fraction of sp³-hybridized carbons (Fsp3) is 0.571. The molecule has 0 aliphatic carbocycles. The van der Waals surface area contributed by atoms with E-state index in [1.807, 2.05) is 26.0 Å². The van der Waals surface area contributed by atoms with Crippen molar-refractivity contribution in [2.24, 2.45) is 0 Å². The smallest absolute Gasteiger partial charge is 0.279 e. The first-order chi connectivity index (χ1) is 9.58. The van der Waals surface area contributed by atoms with E-state index < -0.39 is 10.2 Å². The fourth-order valence-corrected chi connectivity index (χ4v) is 3.86. The van der Waals surface area contributed by atoms with Gasteiger partial charge in [-0.25, -0.2) is 4.72 Å². The molecule has 5 nitrogen and oxygen atoms in total. The molecule has 0 saturated heterocycles. The maximum absolute atomic E-state index is 12.1. The van der Waals surface area contributed by atoms with Crippen molar-refractivity contribution in [3.63, 3.8) is 0 Å². The van der Waals surface area contributed by atoms with E-state index in [0.29, 0.717) is 19.6 Å². The van der Waals surface area contributed by atoms with E-state index in [1.54, 1.807) is 0 Å². The van der Waals surface area contributed by atoms with Crippen LogP contribution in [0.25, 0.3) is 0 Å². The van der Waals surface area contributed by atoms with Crippen LogP contribution in [0.5, 0.6) is 0 Å². The highest BCUT2D eigenvalue weighted by molar-refractivity contribution is 7.87. The van der Waals surface area contributed by atoms with Crippen molar-refractivity contribution in [2.75, 3.05) is 26.2 Å². The molecule has 0 bridgehead atoms. The van der Waals surface area contributed by atoms with E-state index in [4.69, 9.17) is 0 Å². The zero-order chi connectivity index (χ0) is 14.6. The summed E-state index contributed by atoms with van der Waals surface area (Å²) >= 11 is 0. The highest BCUT2D eigenvalue weighted by atomic mass is 32.2. The first kappa shape index (κ1) is 15.4. The first-order valence-corrected chi connectivity index (χ1v) is 8.58. The van der Waals surface area contributed by atoms with Gasteiger partial charge >= 0.3 is 0 Å². The lowest BCUT2D eigenvalue weighted by Gasteiger charge is -2.28. The summed E-state index contributed by atoms with van der Waals surface area (Å²) in [5.41, 5.74) is 2.50. The van der Waals surface area contributed by atoms with E-state index >= 15 is 0 Å². The standard InChI is InChI=1S/C14H23N3O2S/c1-3-17(4-2)20(18,19)16-11-14-13-8-6-5-7-12(13)9-10-15-14/h5-8,14-16H,3-4,9-11H2,1-2H3. The van der Waals surface area contributed by atoms with Gasteiger partial charge in [0.25, 0.3) is 10.2 Å². The molecule has 0 aromatic heterocycles. The average Bonchev–Trinajstić information content (AvgIpc) is 2.46. The molecule has 0 radical (unpaired) electrons. The zero-order valence-electron chi connectivity index (χ0n) is 12.1. The zero-order valence-corrected chi connectivity index (χ0v) is 12.9. The quantitative estimate of drug-likeness (QED) is 0.825. The molecule has 0 saturated carbocycles. The van der Waals surface area contributed by atoms with Crippen LogP contribution in [0.3, 0.4) is 0 Å². The Bertz CT molecular complexity index is 541. The first-order valence-electron chi connectivity index (χ1n) is 7.14. The lowest BCUT2D eigenvalue weighted by atomic mass is 9.95. The van der Waals surface area contributed by atoms with E-state index in [1.165, 1.54) is 15.4 Å². The summed E-state index contributed by atoms with van der Waals surface area (Å²) in [4.78, 5) is 0. The van der Waals surface area contributed by atoms with Gasteiger partial charge in [0.15, 0.2) is 0 Å². The van der Waals surface area contributed by atoms with Crippen molar-refractivity contribution >= 4 is 10.2 Å². The third-order valence-electron chi connectivity index (χ3n) is 3.73. The van der Waals surface area contributed by atoms with Gasteiger partial charge in [0.2, 0.25) is 0 Å². The van der Waals surface area contributed by atoms with E-state index in [9.17, 15) is 8.42 Å². The van der Waals surface area contributed by atoms with Crippen LogP contribution in [0.1, 0.15) is 31.0 Å². The van der Waals surface area contributed by atoms with Gasteiger partial charge in [-0.2, -0.15) is 12.7 Å². The largest absolute Gasteiger partial charge is 0.308 e. The Morgan fingerprint density at radius 2 is 2.00 bits per heavy atom. The molecular weight excluding hydrogens is 274 g/mol. The monoisotopic (exact) mass is 297 g/mol. The lowest BCUT2D eigenvalue weighted by molar-refractivity contribution is 0.424. The molecule has 2 N–H and O–H groups in total. The minimum absolute atomic E-state index is 0.0466. The number of fused-ring (bicyclic) bond motifs is 1. The van der Waals surface area contributed by atoms with Crippen molar-refractivity contribution in [3.05, 3.63) is 35.4 Å². The van der Waals surface area contributed by atoms with Crippen LogP contribution in [-0.2, 0) is 16.6 Å². The summed E-state index contributed by atoms with van der Waals surface area (Å²) in [7, 11) is -3.38. The second kappa shape index (κ2) is 6.67. The summed E-state index contributed by atoms with van der Waals surface area (Å²) in [5, 5.41) is 3.38. The normalized spacial score (nSPS) is 19.1. The van der Waals surface area contributed by atoms with Crippen LogP contribution in [0.4, 0.5) is 0 Å². The number of hydrogen-bond acceptors (Lipinski definition) is 3. The summed E-state index contributed by atoms with van der Waals surface area (Å²) in [5.74, 6) is 0. The molecule has 112 valence electrons. The Hall–Kier alpha value is -0.950. The molecule has 0 spiro atoms. The maximum atomic E-state index is 12.1. The predicted molar refractivity (Wildman–Crippen MR) is 80.7 cm³/mol. The number of nitrogens with zero attached hydrogens (tertiary/aromatic N) is 1. The highest BCUT2D eigenvalue weighted by Crippen LogP contribution is 2.22. The van der Waals surface area contributed by atoms with Crippen LogP contribution in [0, 0.1) is 0 Å². The molecule has 2 rings (SSSR count). The fourth-order valence-electron chi connectivity index (χ4n) is 2.62. The van der Waals surface area contributed by atoms with Gasteiger partial charge in [-0.15, -0.1) is 0 Å². The van der Waals surface area contributed by atoms with E-state index in [-0.39, 0.29) is 6.04 Å². The predicted octanol–water partition coefficient (Wildman–Crippen LogP) is 1.05. The number of benzene rings is 1. The van der Waals surface area contributed by atoms with E-state index in [0.717, 1.165) is 13.0 Å². The van der Waals surface area contributed by atoms with Crippen molar-refractivity contribution < 1.29 is 8.42 Å². The second-order valence-electron chi connectivity index (χ2n) is 4.89. The van der Waals surface area contributed by atoms with Crippen LogP contribution in [0.2, 0.25) is 0 Å². The van der Waals surface area contributed by atoms with Gasteiger partial charge in [-0.1, -0.05) is 38.1 Å². The third-order valence-corrected chi connectivity index (χ3v) is 5.46. The molecule has 0 amide bonds. The summed E-state index contributed by atoms with van der Waals surface area (Å²) < 4.78 is 28.4. The molecule has 1 aliphatic rings. The molecule has 1 aliphatic heterocycles. The second-order valence-corrected chi connectivity index (χ2v) is 6.65. The van der Waals surface area contributed by atoms with Crippen molar-refractivity contribution in [1.29, 1.82) is 0 Å². The number of nitrogens with one attached hydrogen (secondary N) is 2. The molecule has 1 unspecified atom stereocenters. The van der Waals surface area contributed by atoms with Crippen molar-refractivity contribution in [1.82, 2.24) is 14.3 Å². The minimum atomic E-state index is -3.38. The highest BCUT2D eigenvalue weighted by Gasteiger charge is 2.23. The lowest BCUT2D eigenvalue weighted by Crippen LogP contribution is -2.45. The Labute approximate surface area is 121 Å². The Morgan fingerprint density at radius 3 is 2.70 bits per heavy atom. The SMILES string of the molecule is CCN(CC)S(=O)(=O)NCC1NCCc2ccccc21. The van der Waals surface area contributed by atoms with Gasteiger partial charge in [-0.05, 0) is 24.1 Å². The summed E-state index contributed by atoms with van der Waals surface area (Å²) in [6.07, 6.45) is 0.996. The number of hydrogen-bond donors (Lipinski definition) is 2. The molecule has 1 aromatic rings. The van der Waals surface area contributed by atoms with Crippen LogP contribution in [-0.4, -0.2) is 38.9 Å². The van der Waals surface area contributed by atoms with Crippen molar-refractivity contribution in [3.8, 4) is 0 Å². The molecule has 0 fully saturated rings. The maximum Gasteiger partial charge on any atom is 0.279 e. The van der Waals surface area contributed by atoms with Gasteiger partial charge in [0, 0.05) is 25.7 Å². The molecule has 1 atom stereocenters. The topological polar surface area (TPSA) is 61.4 Å². The Kier molecular flexibility index (Phi) is 5.15. The summed E-state index contributed by atoms with van der Waals surface area (Å²) in [6.45, 7) is 5.93. The molecule has 1 heterocycles. The number of rotatable bonds is 6. The van der Waals surface area contributed by atoms with E-state index in [2.05, 4.69) is 22.2 Å². The third kappa shape index (κ3) is 3.38. The molecular formula is C14H23N3O2S. The summed E-state index contributed by atoms with van der Waals surface area (Å²) in [6, 6.07) is 8.25. The molecule has 6 heteroatoms. The van der Waals surface area contributed by atoms with Crippen molar-refractivity contribution in [2.45, 2.75) is 26.3 Å². The Morgan fingerprint density at radius 1 is 1.30 bits per heavy atom. The van der Waals surface area contributed by atoms with Gasteiger partial charge < -0.3 is 5.32 Å². The molecule has 1 aromatic carbocycles. The average molecular weight is 297 g/mol. The Balaban J connectivity index is 2.06. The molecule has 20 heavy (non-hydrogen) atoms. The minimum Gasteiger partial charge on any atom is -0.308 e. The van der Waals surface area contributed by atoms with Gasteiger partial charge in [0.05, 0.1) is 0 Å². The van der Waals surface area contributed by atoms with Gasteiger partial charge in [-0.3, -0.25) is 0 Å². The van der Waals surface area contributed by atoms with Crippen LogP contribution < -0.4 is 10.0 Å². The van der Waals surface area contributed by atoms with Crippen LogP contribution in [0.15, 0.2) is 24.3 Å². The van der Waals surface area contributed by atoms with Gasteiger partial charge in [0.1, 0.15) is 0 Å².